The lowest BCUT2D eigenvalue weighted by atomic mass is 10.2. The van der Waals surface area contributed by atoms with E-state index in [1.54, 1.807) is 6.07 Å². The molecule has 2 aromatic rings. The fourth-order valence-corrected chi connectivity index (χ4v) is 1.65. The first-order chi connectivity index (χ1) is 10.6. The van der Waals surface area contributed by atoms with Crippen molar-refractivity contribution in [2.45, 2.75) is 25.9 Å². The van der Waals surface area contributed by atoms with Gasteiger partial charge in [0.1, 0.15) is 5.75 Å². The van der Waals surface area contributed by atoms with Crippen LogP contribution in [-0.4, -0.2) is 33.0 Å². The van der Waals surface area contributed by atoms with Crippen molar-refractivity contribution in [2.24, 2.45) is 5.92 Å². The van der Waals surface area contributed by atoms with E-state index in [9.17, 15) is 22.0 Å². The Kier molecular flexibility index (Phi) is 4.53. The highest BCUT2D eigenvalue weighted by molar-refractivity contribution is 5.39. The van der Waals surface area contributed by atoms with Crippen LogP contribution in [0, 0.1) is 5.92 Å². The van der Waals surface area contributed by atoms with E-state index in [0.717, 1.165) is 0 Å². The molecule has 2 rings (SSSR count). The SMILES string of the molecule is CC(C)COc1cccc(-n2nnnc2C(F)(F)C(F)(F)F)c1. The molecule has 0 fully saturated rings. The summed E-state index contributed by atoms with van der Waals surface area (Å²) < 4.78 is 70.2. The molecule has 1 aromatic carbocycles. The summed E-state index contributed by atoms with van der Waals surface area (Å²) in [7, 11) is 0. The third-order valence-electron chi connectivity index (χ3n) is 2.75. The Morgan fingerprint density at radius 2 is 1.87 bits per heavy atom. The van der Waals surface area contributed by atoms with Gasteiger partial charge in [0.2, 0.25) is 5.82 Å². The number of alkyl halides is 5. The second kappa shape index (κ2) is 6.09. The lowest BCUT2D eigenvalue weighted by molar-refractivity contribution is -0.293. The van der Waals surface area contributed by atoms with Crippen LogP contribution in [0.25, 0.3) is 5.69 Å². The predicted octanol–water partition coefficient (Wildman–Crippen LogP) is 3.35. The van der Waals surface area contributed by atoms with E-state index in [4.69, 9.17) is 4.74 Å². The first kappa shape index (κ1) is 17.1. The highest BCUT2D eigenvalue weighted by Gasteiger charge is 2.62. The molecule has 0 spiro atoms. The Hall–Kier alpha value is -2.26. The second-order valence-corrected chi connectivity index (χ2v) is 5.19. The molecule has 0 N–H and O–H groups in total. The van der Waals surface area contributed by atoms with Gasteiger partial charge in [-0.25, -0.2) is 0 Å². The number of nitrogens with zero attached hydrogens (tertiary/aromatic N) is 4. The molecule has 126 valence electrons. The van der Waals surface area contributed by atoms with Crippen LogP contribution in [0.1, 0.15) is 19.7 Å². The van der Waals surface area contributed by atoms with E-state index in [0.29, 0.717) is 17.0 Å². The molecule has 0 bridgehead atoms. The molecule has 0 aliphatic heterocycles. The van der Waals surface area contributed by atoms with Crippen LogP contribution < -0.4 is 4.74 Å². The van der Waals surface area contributed by atoms with E-state index in [-0.39, 0.29) is 11.6 Å². The number of rotatable bonds is 5. The van der Waals surface area contributed by atoms with Gasteiger partial charge in [0, 0.05) is 6.07 Å². The fourth-order valence-electron chi connectivity index (χ4n) is 1.65. The first-order valence-corrected chi connectivity index (χ1v) is 6.59. The molecular formula is C13H13F5N4O. The summed E-state index contributed by atoms with van der Waals surface area (Å²) in [6.07, 6.45) is -5.80. The third kappa shape index (κ3) is 3.57. The number of hydrogen-bond donors (Lipinski definition) is 0. The van der Waals surface area contributed by atoms with Crippen LogP contribution in [0.3, 0.4) is 0 Å². The summed E-state index contributed by atoms with van der Waals surface area (Å²) in [5.74, 6) is -6.25. The Bertz CT molecular complexity index is 668. The summed E-state index contributed by atoms with van der Waals surface area (Å²) in [6, 6.07) is 5.59. The fraction of sp³-hybridized carbons (Fsp3) is 0.462. The van der Waals surface area contributed by atoms with Gasteiger partial charge in [-0.1, -0.05) is 19.9 Å². The molecular weight excluding hydrogens is 323 g/mol. The molecule has 1 heterocycles. The number of benzene rings is 1. The molecule has 0 atom stereocenters. The van der Waals surface area contributed by atoms with Crippen molar-refractivity contribution in [1.29, 1.82) is 0 Å². The van der Waals surface area contributed by atoms with E-state index < -0.39 is 17.9 Å². The van der Waals surface area contributed by atoms with Gasteiger partial charge >= 0.3 is 12.1 Å². The minimum absolute atomic E-state index is 0.0600. The molecule has 0 aliphatic rings. The lowest BCUT2D eigenvalue weighted by Crippen LogP contribution is -2.36. The third-order valence-corrected chi connectivity index (χ3v) is 2.75. The summed E-state index contributed by atoms with van der Waals surface area (Å²) in [6.45, 7) is 4.19. The molecule has 0 radical (unpaired) electrons. The molecule has 0 aliphatic carbocycles. The number of tetrazole rings is 1. The molecule has 0 unspecified atom stereocenters. The minimum Gasteiger partial charge on any atom is -0.493 e. The minimum atomic E-state index is -5.80. The molecule has 0 amide bonds. The quantitative estimate of drug-likeness (QED) is 0.786. The summed E-state index contributed by atoms with van der Waals surface area (Å²) in [4.78, 5) is 0. The van der Waals surface area contributed by atoms with E-state index >= 15 is 0 Å². The zero-order valence-corrected chi connectivity index (χ0v) is 12.2. The topological polar surface area (TPSA) is 52.8 Å². The van der Waals surface area contributed by atoms with Crippen LogP contribution >= 0.6 is 0 Å². The maximum atomic E-state index is 13.5. The van der Waals surface area contributed by atoms with Gasteiger partial charge < -0.3 is 4.74 Å². The van der Waals surface area contributed by atoms with Gasteiger partial charge in [-0.3, -0.25) is 0 Å². The van der Waals surface area contributed by atoms with Gasteiger partial charge in [0.15, 0.2) is 0 Å². The first-order valence-electron chi connectivity index (χ1n) is 6.59. The summed E-state index contributed by atoms with van der Waals surface area (Å²) in [5, 5.41) is 8.97. The van der Waals surface area contributed by atoms with Crippen molar-refractivity contribution in [3.63, 3.8) is 0 Å². The number of halogens is 5. The summed E-state index contributed by atoms with van der Waals surface area (Å²) >= 11 is 0. The largest absolute Gasteiger partial charge is 0.493 e. The highest BCUT2D eigenvalue weighted by atomic mass is 19.4. The van der Waals surface area contributed by atoms with Gasteiger partial charge in [-0.15, -0.1) is 5.10 Å². The number of ether oxygens (including phenoxy) is 1. The Labute approximate surface area is 128 Å². The van der Waals surface area contributed by atoms with Crippen molar-refractivity contribution < 1.29 is 26.7 Å². The van der Waals surface area contributed by atoms with Gasteiger partial charge in [0.05, 0.1) is 12.3 Å². The standard InChI is InChI=1S/C13H13F5N4O/c1-8(2)7-23-10-5-3-4-9(6-10)22-11(19-20-21-22)12(14,15)13(16,17)18/h3-6,8H,7H2,1-2H3. The van der Waals surface area contributed by atoms with Crippen molar-refractivity contribution in [1.82, 2.24) is 20.2 Å². The van der Waals surface area contributed by atoms with Crippen molar-refractivity contribution in [3.8, 4) is 11.4 Å². The Morgan fingerprint density at radius 1 is 1.17 bits per heavy atom. The van der Waals surface area contributed by atoms with Gasteiger partial charge in [0.25, 0.3) is 0 Å². The molecule has 0 saturated carbocycles. The predicted molar refractivity (Wildman–Crippen MR) is 69.4 cm³/mol. The highest BCUT2D eigenvalue weighted by Crippen LogP contribution is 2.43. The van der Waals surface area contributed by atoms with Gasteiger partial charge in [-0.2, -0.15) is 26.6 Å². The van der Waals surface area contributed by atoms with Crippen LogP contribution in [0.15, 0.2) is 24.3 Å². The normalized spacial score (nSPS) is 12.7. The Balaban J connectivity index is 2.38. The van der Waals surface area contributed by atoms with Crippen molar-refractivity contribution in [3.05, 3.63) is 30.1 Å². The molecule has 1 aromatic heterocycles. The second-order valence-electron chi connectivity index (χ2n) is 5.19. The van der Waals surface area contributed by atoms with Crippen LogP contribution in [0.4, 0.5) is 22.0 Å². The molecule has 10 heteroatoms. The molecule has 5 nitrogen and oxygen atoms in total. The monoisotopic (exact) mass is 336 g/mol. The van der Waals surface area contributed by atoms with Crippen LogP contribution in [0.2, 0.25) is 0 Å². The zero-order valence-electron chi connectivity index (χ0n) is 12.2. The summed E-state index contributed by atoms with van der Waals surface area (Å²) in [5.41, 5.74) is -0.0600. The maximum absolute atomic E-state index is 13.5. The van der Waals surface area contributed by atoms with Crippen molar-refractivity contribution in [2.75, 3.05) is 6.61 Å². The van der Waals surface area contributed by atoms with E-state index in [2.05, 4.69) is 15.5 Å². The maximum Gasteiger partial charge on any atom is 0.461 e. The average molecular weight is 336 g/mol. The van der Waals surface area contributed by atoms with E-state index in [1.807, 2.05) is 13.8 Å². The lowest BCUT2D eigenvalue weighted by Gasteiger charge is -2.18. The van der Waals surface area contributed by atoms with Crippen molar-refractivity contribution >= 4 is 0 Å². The number of hydrogen-bond acceptors (Lipinski definition) is 4. The smallest absolute Gasteiger partial charge is 0.461 e. The Morgan fingerprint density at radius 3 is 2.48 bits per heavy atom. The zero-order chi connectivity index (χ0) is 17.3. The van der Waals surface area contributed by atoms with Gasteiger partial charge in [-0.05, 0) is 28.5 Å². The van der Waals surface area contributed by atoms with Crippen LogP contribution in [-0.2, 0) is 5.92 Å². The molecule has 23 heavy (non-hydrogen) atoms. The van der Waals surface area contributed by atoms with E-state index in [1.165, 1.54) is 18.2 Å². The molecule has 0 saturated heterocycles. The number of aromatic nitrogens is 4. The average Bonchev–Trinajstić information content (AvgIpc) is 2.94. The van der Waals surface area contributed by atoms with Crippen LogP contribution in [0.5, 0.6) is 5.75 Å².